The number of aryl methyl sites for hydroxylation is 1. The Morgan fingerprint density at radius 1 is 0.800 bits per heavy atom. The fourth-order valence-corrected chi connectivity index (χ4v) is 4.46. The molecule has 0 N–H and O–H groups in total. The minimum Gasteiger partial charge on any atom is -0.339 e. The van der Waals surface area contributed by atoms with E-state index in [9.17, 15) is 18.4 Å². The van der Waals surface area contributed by atoms with Gasteiger partial charge in [-0.05, 0) is 42.5 Å². The average Bonchev–Trinajstić information content (AvgIpc) is 3.27. The molecule has 178 valence electrons. The average molecular weight is 475 g/mol. The van der Waals surface area contributed by atoms with Gasteiger partial charge in [0.25, 0.3) is 5.91 Å². The lowest BCUT2D eigenvalue weighted by molar-refractivity contribution is -0.132. The van der Waals surface area contributed by atoms with Gasteiger partial charge >= 0.3 is 0 Å². The molecule has 2 amide bonds. The Kier molecular flexibility index (Phi) is 6.27. The molecule has 5 rings (SSSR count). The fourth-order valence-electron chi connectivity index (χ4n) is 4.46. The van der Waals surface area contributed by atoms with Crippen molar-refractivity contribution in [1.82, 2.24) is 19.4 Å². The van der Waals surface area contributed by atoms with Crippen molar-refractivity contribution in [2.24, 2.45) is 0 Å². The summed E-state index contributed by atoms with van der Waals surface area (Å²) in [4.78, 5) is 33.7. The predicted octanol–water partition coefficient (Wildman–Crippen LogP) is 4.22. The van der Waals surface area contributed by atoms with Gasteiger partial charge in [0.15, 0.2) is 11.6 Å². The highest BCUT2D eigenvalue weighted by Gasteiger charge is 2.25. The number of hydrogen-bond donors (Lipinski definition) is 0. The number of piperazine rings is 1. The van der Waals surface area contributed by atoms with Crippen molar-refractivity contribution >= 4 is 22.8 Å². The van der Waals surface area contributed by atoms with Crippen molar-refractivity contribution in [1.29, 1.82) is 0 Å². The SMILES string of the molecule is O=C(CCc1nc2ccccc2n1-c1ccccc1)N1CCN(C(=O)c2ccc(F)c(F)c2)CC1. The van der Waals surface area contributed by atoms with E-state index in [1.165, 1.54) is 6.07 Å². The maximum Gasteiger partial charge on any atom is 0.254 e. The molecule has 0 atom stereocenters. The quantitative estimate of drug-likeness (QED) is 0.435. The van der Waals surface area contributed by atoms with Crippen molar-refractivity contribution in [3.05, 3.63) is 95.8 Å². The molecule has 0 bridgehead atoms. The minimum atomic E-state index is -1.05. The molecule has 3 aromatic carbocycles. The molecule has 1 aliphatic rings. The molecule has 4 aromatic rings. The van der Waals surface area contributed by atoms with Crippen LogP contribution in [0.1, 0.15) is 22.6 Å². The van der Waals surface area contributed by atoms with Gasteiger partial charge in [-0.1, -0.05) is 30.3 Å². The van der Waals surface area contributed by atoms with Gasteiger partial charge in [-0.15, -0.1) is 0 Å². The lowest BCUT2D eigenvalue weighted by Crippen LogP contribution is -2.50. The third kappa shape index (κ3) is 4.64. The Labute approximate surface area is 201 Å². The van der Waals surface area contributed by atoms with E-state index in [0.717, 1.165) is 34.7 Å². The number of halogens is 2. The summed E-state index contributed by atoms with van der Waals surface area (Å²) in [5.74, 6) is -1.59. The Morgan fingerprint density at radius 2 is 1.49 bits per heavy atom. The minimum absolute atomic E-state index is 0.00315. The first kappa shape index (κ1) is 22.7. The number of amides is 2. The Morgan fingerprint density at radius 3 is 2.23 bits per heavy atom. The van der Waals surface area contributed by atoms with E-state index in [4.69, 9.17) is 4.98 Å². The van der Waals surface area contributed by atoms with Crippen LogP contribution in [-0.2, 0) is 11.2 Å². The van der Waals surface area contributed by atoms with Gasteiger partial charge in [0, 0.05) is 50.3 Å². The number of carbonyl (C=O) groups is 2. The van der Waals surface area contributed by atoms with Crippen LogP contribution in [0.15, 0.2) is 72.8 Å². The standard InChI is InChI=1S/C27H24F2N4O2/c28-21-11-10-19(18-22(21)29)27(35)32-16-14-31(15-17-32)26(34)13-12-25-30-23-8-4-5-9-24(23)33(25)20-6-2-1-3-7-20/h1-11,18H,12-17H2. The Bertz CT molecular complexity index is 1380. The zero-order valence-electron chi connectivity index (χ0n) is 19.0. The molecular weight excluding hydrogens is 450 g/mol. The fraction of sp³-hybridized carbons (Fsp3) is 0.222. The van der Waals surface area contributed by atoms with Gasteiger partial charge in [-0.3, -0.25) is 14.2 Å². The van der Waals surface area contributed by atoms with Gasteiger partial charge in [0.2, 0.25) is 5.91 Å². The van der Waals surface area contributed by atoms with Crippen LogP contribution < -0.4 is 0 Å². The van der Waals surface area contributed by atoms with Crippen LogP contribution in [0.3, 0.4) is 0 Å². The molecule has 1 fully saturated rings. The molecule has 1 aromatic heterocycles. The number of carbonyl (C=O) groups excluding carboxylic acids is 2. The summed E-state index contributed by atoms with van der Waals surface area (Å²) in [6, 6.07) is 21.0. The summed E-state index contributed by atoms with van der Waals surface area (Å²) in [6.45, 7) is 1.46. The van der Waals surface area contributed by atoms with Crippen molar-refractivity contribution in [2.75, 3.05) is 26.2 Å². The molecule has 0 radical (unpaired) electrons. The van der Waals surface area contributed by atoms with Crippen LogP contribution in [0, 0.1) is 11.6 Å². The van der Waals surface area contributed by atoms with E-state index in [0.29, 0.717) is 39.0 Å². The first-order valence-corrected chi connectivity index (χ1v) is 11.5. The van der Waals surface area contributed by atoms with Gasteiger partial charge in [0.05, 0.1) is 11.0 Å². The largest absolute Gasteiger partial charge is 0.339 e. The molecule has 6 nitrogen and oxygen atoms in total. The number of nitrogens with zero attached hydrogens (tertiary/aromatic N) is 4. The second-order valence-corrected chi connectivity index (χ2v) is 8.49. The van der Waals surface area contributed by atoms with Crippen molar-refractivity contribution in [2.45, 2.75) is 12.8 Å². The summed E-state index contributed by atoms with van der Waals surface area (Å²) >= 11 is 0. The van der Waals surface area contributed by atoms with Gasteiger partial charge in [-0.25, -0.2) is 13.8 Å². The normalized spacial score (nSPS) is 13.9. The van der Waals surface area contributed by atoms with Crippen LogP contribution in [0.5, 0.6) is 0 Å². The number of rotatable bonds is 5. The van der Waals surface area contributed by atoms with Crippen LogP contribution in [0.2, 0.25) is 0 Å². The molecule has 0 aliphatic carbocycles. The molecular formula is C27H24F2N4O2. The van der Waals surface area contributed by atoms with E-state index >= 15 is 0 Å². The highest BCUT2D eigenvalue weighted by molar-refractivity contribution is 5.94. The third-order valence-corrected chi connectivity index (χ3v) is 6.29. The van der Waals surface area contributed by atoms with Gasteiger partial charge in [-0.2, -0.15) is 0 Å². The van der Waals surface area contributed by atoms with Crippen LogP contribution in [-0.4, -0.2) is 57.3 Å². The molecule has 1 aliphatic heterocycles. The lowest BCUT2D eigenvalue weighted by atomic mass is 10.1. The van der Waals surface area contributed by atoms with Crippen LogP contribution >= 0.6 is 0 Å². The zero-order valence-corrected chi connectivity index (χ0v) is 19.0. The number of benzene rings is 3. The number of imidazole rings is 1. The van der Waals surface area contributed by atoms with Crippen LogP contribution in [0.4, 0.5) is 8.78 Å². The van der Waals surface area contributed by atoms with Gasteiger partial charge < -0.3 is 9.80 Å². The highest BCUT2D eigenvalue weighted by Crippen LogP contribution is 2.22. The van der Waals surface area contributed by atoms with Crippen molar-refractivity contribution in [3.63, 3.8) is 0 Å². The van der Waals surface area contributed by atoms with Crippen molar-refractivity contribution in [3.8, 4) is 5.69 Å². The number of hydrogen-bond acceptors (Lipinski definition) is 3. The van der Waals surface area contributed by atoms with E-state index in [2.05, 4.69) is 4.57 Å². The number of para-hydroxylation sites is 3. The first-order chi connectivity index (χ1) is 17.0. The Hall–Kier alpha value is -4.07. The molecule has 8 heteroatoms. The first-order valence-electron chi connectivity index (χ1n) is 11.5. The molecule has 0 saturated carbocycles. The molecule has 0 spiro atoms. The monoisotopic (exact) mass is 474 g/mol. The van der Waals surface area contributed by atoms with Crippen molar-refractivity contribution < 1.29 is 18.4 Å². The molecule has 2 heterocycles. The Balaban J connectivity index is 1.23. The van der Waals surface area contributed by atoms with E-state index in [1.54, 1.807) is 9.80 Å². The topological polar surface area (TPSA) is 58.4 Å². The summed E-state index contributed by atoms with van der Waals surface area (Å²) < 4.78 is 28.8. The number of fused-ring (bicyclic) bond motifs is 1. The molecule has 0 unspecified atom stereocenters. The number of aromatic nitrogens is 2. The molecule has 35 heavy (non-hydrogen) atoms. The maximum atomic E-state index is 13.5. The lowest BCUT2D eigenvalue weighted by Gasteiger charge is -2.35. The molecule has 1 saturated heterocycles. The predicted molar refractivity (Wildman–Crippen MR) is 128 cm³/mol. The summed E-state index contributed by atoms with van der Waals surface area (Å²) in [5, 5.41) is 0. The van der Waals surface area contributed by atoms with E-state index < -0.39 is 11.6 Å². The summed E-state index contributed by atoms with van der Waals surface area (Å²) in [6.07, 6.45) is 0.781. The highest BCUT2D eigenvalue weighted by atomic mass is 19.2. The zero-order chi connectivity index (χ0) is 24.4. The third-order valence-electron chi connectivity index (χ3n) is 6.29. The summed E-state index contributed by atoms with van der Waals surface area (Å²) in [5.41, 5.74) is 2.96. The van der Waals surface area contributed by atoms with Crippen LogP contribution in [0.25, 0.3) is 16.7 Å². The second-order valence-electron chi connectivity index (χ2n) is 8.49. The second kappa shape index (κ2) is 9.66. The summed E-state index contributed by atoms with van der Waals surface area (Å²) in [7, 11) is 0. The maximum absolute atomic E-state index is 13.5. The van der Waals surface area contributed by atoms with E-state index in [-0.39, 0.29) is 17.4 Å². The van der Waals surface area contributed by atoms with E-state index in [1.807, 2.05) is 54.6 Å². The van der Waals surface area contributed by atoms with Gasteiger partial charge in [0.1, 0.15) is 5.82 Å². The smallest absolute Gasteiger partial charge is 0.254 e.